The molecule has 0 atom stereocenters. The molecule has 0 saturated carbocycles. The van der Waals surface area contributed by atoms with Gasteiger partial charge in [0, 0.05) is 41.5 Å². The molecular weight excluding hydrogens is 432 g/mol. The minimum atomic E-state index is 0.493. The van der Waals surface area contributed by atoms with Gasteiger partial charge in [0.2, 0.25) is 0 Å². The molecule has 8 heteroatoms. The number of hydrogen-bond acceptors (Lipinski definition) is 8. The highest BCUT2D eigenvalue weighted by atomic mass is 32.1. The number of ether oxygens (including phenoxy) is 1. The molecule has 0 fully saturated rings. The van der Waals surface area contributed by atoms with Crippen LogP contribution in [0.1, 0.15) is 28.2 Å². The summed E-state index contributed by atoms with van der Waals surface area (Å²) >= 11 is 1.39. The number of fused-ring (bicyclic) bond motifs is 2. The van der Waals surface area contributed by atoms with Crippen LogP contribution in [0.15, 0.2) is 24.4 Å². The van der Waals surface area contributed by atoms with Crippen molar-refractivity contribution in [3.8, 4) is 29.2 Å². The smallest absolute Gasteiger partial charge is 0.182 e. The Morgan fingerprint density at radius 1 is 1.15 bits per heavy atom. The average molecular weight is 457 g/mol. The fraction of sp³-hybridized carbons (Fsp3) is 0.280. The number of benzene rings is 1. The van der Waals surface area contributed by atoms with Gasteiger partial charge in [-0.05, 0) is 50.1 Å². The van der Waals surface area contributed by atoms with E-state index in [0.717, 1.165) is 61.3 Å². The zero-order valence-corrected chi connectivity index (χ0v) is 19.7. The van der Waals surface area contributed by atoms with E-state index in [1.165, 1.54) is 11.3 Å². The first-order chi connectivity index (χ1) is 15.9. The molecule has 1 aliphatic heterocycles. The Morgan fingerprint density at radius 2 is 2.00 bits per heavy atom. The number of terminal acetylenes is 1. The summed E-state index contributed by atoms with van der Waals surface area (Å²) in [5.41, 5.74) is 12.8. The number of nitrogens with two attached hydrogens (primary N) is 1. The molecule has 0 radical (unpaired) electrons. The monoisotopic (exact) mass is 456 g/mol. The van der Waals surface area contributed by atoms with E-state index < -0.39 is 0 Å². The predicted molar refractivity (Wildman–Crippen MR) is 133 cm³/mol. The topological polar surface area (TPSA) is 90.0 Å². The fourth-order valence-electron chi connectivity index (χ4n) is 4.35. The standard InChI is InChI=1S/C25H24N6OS/c1-5-6-20-15(3)28-16(4)29-23(20)31-7-8-32-22-14(2)9-17(10-19(22)13-31)18-11-21-24(27-12-18)33-25(26)30-21/h1,9-12H,6-8,13H2,2-4H3,(H2,26,30). The van der Waals surface area contributed by atoms with Gasteiger partial charge in [-0.3, -0.25) is 0 Å². The van der Waals surface area contributed by atoms with Crippen LogP contribution in [0.3, 0.4) is 0 Å². The summed E-state index contributed by atoms with van der Waals surface area (Å²) in [5.74, 6) is 5.30. The second kappa shape index (κ2) is 8.34. The molecule has 33 heavy (non-hydrogen) atoms. The number of nitrogen functional groups attached to an aromatic ring is 1. The van der Waals surface area contributed by atoms with E-state index in [1.807, 2.05) is 26.1 Å². The minimum absolute atomic E-state index is 0.493. The van der Waals surface area contributed by atoms with Crippen LogP contribution < -0.4 is 15.4 Å². The van der Waals surface area contributed by atoms with E-state index in [4.69, 9.17) is 21.9 Å². The summed E-state index contributed by atoms with van der Waals surface area (Å²) in [6.45, 7) is 7.92. The van der Waals surface area contributed by atoms with Crippen LogP contribution in [0.5, 0.6) is 5.75 Å². The maximum atomic E-state index is 6.19. The molecule has 4 aromatic rings. The Kier molecular flexibility index (Phi) is 5.35. The van der Waals surface area contributed by atoms with E-state index in [1.54, 1.807) is 0 Å². The van der Waals surface area contributed by atoms with Crippen molar-refractivity contribution < 1.29 is 4.74 Å². The molecule has 0 bridgehead atoms. The lowest BCUT2D eigenvalue weighted by Gasteiger charge is -2.24. The molecule has 0 spiro atoms. The van der Waals surface area contributed by atoms with Crippen LogP contribution >= 0.6 is 11.3 Å². The molecule has 3 aromatic heterocycles. The van der Waals surface area contributed by atoms with E-state index in [-0.39, 0.29) is 0 Å². The molecule has 1 aliphatic rings. The number of aryl methyl sites for hydroxylation is 3. The number of aromatic nitrogens is 4. The van der Waals surface area contributed by atoms with Crippen molar-refractivity contribution in [2.45, 2.75) is 33.7 Å². The van der Waals surface area contributed by atoms with Gasteiger partial charge in [0.05, 0.1) is 6.54 Å². The van der Waals surface area contributed by atoms with Gasteiger partial charge in [-0.25, -0.2) is 19.9 Å². The highest BCUT2D eigenvalue weighted by Crippen LogP contribution is 2.35. The van der Waals surface area contributed by atoms with Crippen LogP contribution in [0.4, 0.5) is 10.9 Å². The van der Waals surface area contributed by atoms with Crippen LogP contribution in [-0.2, 0) is 13.0 Å². The molecule has 1 aromatic carbocycles. The van der Waals surface area contributed by atoms with Crippen molar-refractivity contribution in [1.82, 2.24) is 19.9 Å². The second-order valence-corrected chi connectivity index (χ2v) is 9.20. The van der Waals surface area contributed by atoms with Crippen LogP contribution in [0.25, 0.3) is 21.5 Å². The van der Waals surface area contributed by atoms with Gasteiger partial charge in [-0.2, -0.15) is 0 Å². The van der Waals surface area contributed by atoms with Crippen molar-refractivity contribution in [1.29, 1.82) is 0 Å². The molecule has 0 aliphatic carbocycles. The number of nitrogens with zero attached hydrogens (tertiary/aromatic N) is 5. The number of anilines is 2. The van der Waals surface area contributed by atoms with Gasteiger partial charge in [-0.15, -0.1) is 12.3 Å². The van der Waals surface area contributed by atoms with Gasteiger partial charge in [-0.1, -0.05) is 11.3 Å². The lowest BCUT2D eigenvalue weighted by atomic mass is 9.99. The van der Waals surface area contributed by atoms with Crippen molar-refractivity contribution in [3.63, 3.8) is 0 Å². The Balaban J connectivity index is 1.57. The molecule has 7 nitrogen and oxygen atoms in total. The Morgan fingerprint density at radius 3 is 2.82 bits per heavy atom. The normalized spacial score (nSPS) is 13.3. The SMILES string of the molecule is C#CCc1c(C)nc(C)nc1N1CCOc2c(C)cc(-c3cnc4sc(N)nc4c3)cc2C1. The lowest BCUT2D eigenvalue weighted by molar-refractivity contribution is 0.329. The lowest BCUT2D eigenvalue weighted by Crippen LogP contribution is -2.28. The summed E-state index contributed by atoms with van der Waals surface area (Å²) in [6, 6.07) is 6.34. The van der Waals surface area contributed by atoms with E-state index >= 15 is 0 Å². The number of thiazole rings is 1. The molecule has 0 amide bonds. The molecule has 0 unspecified atom stereocenters. The second-order valence-electron chi connectivity index (χ2n) is 8.19. The summed E-state index contributed by atoms with van der Waals surface area (Å²) in [4.78, 5) is 21.3. The van der Waals surface area contributed by atoms with Crippen LogP contribution in [-0.4, -0.2) is 33.1 Å². The third-order valence-electron chi connectivity index (χ3n) is 5.80. The molecule has 166 valence electrons. The van der Waals surface area contributed by atoms with Crippen molar-refractivity contribution in [2.24, 2.45) is 0 Å². The Bertz CT molecular complexity index is 1420. The largest absolute Gasteiger partial charge is 0.491 e. The van der Waals surface area contributed by atoms with Gasteiger partial charge in [0.15, 0.2) is 5.13 Å². The summed E-state index contributed by atoms with van der Waals surface area (Å²) in [6.07, 6.45) is 8.02. The third-order valence-corrected chi connectivity index (χ3v) is 6.61. The number of hydrogen-bond donors (Lipinski definition) is 1. The van der Waals surface area contributed by atoms with E-state index in [9.17, 15) is 0 Å². The first-order valence-electron chi connectivity index (χ1n) is 10.7. The maximum absolute atomic E-state index is 6.19. The quantitative estimate of drug-likeness (QED) is 0.461. The highest BCUT2D eigenvalue weighted by Gasteiger charge is 2.23. The Labute approximate surface area is 196 Å². The van der Waals surface area contributed by atoms with Crippen molar-refractivity contribution in [3.05, 3.63) is 52.6 Å². The molecule has 2 N–H and O–H groups in total. The third kappa shape index (κ3) is 3.96. The molecule has 4 heterocycles. The van der Waals surface area contributed by atoms with E-state index in [0.29, 0.717) is 31.2 Å². The van der Waals surface area contributed by atoms with Crippen molar-refractivity contribution >= 4 is 32.6 Å². The van der Waals surface area contributed by atoms with Gasteiger partial charge in [0.25, 0.3) is 0 Å². The first kappa shape index (κ1) is 21.2. The minimum Gasteiger partial charge on any atom is -0.491 e. The van der Waals surface area contributed by atoms with Gasteiger partial charge in [0.1, 0.15) is 34.3 Å². The number of pyridine rings is 1. The van der Waals surface area contributed by atoms with Crippen LogP contribution in [0, 0.1) is 33.1 Å². The summed E-state index contributed by atoms with van der Waals surface area (Å²) in [7, 11) is 0. The summed E-state index contributed by atoms with van der Waals surface area (Å²) < 4.78 is 6.19. The first-order valence-corrected chi connectivity index (χ1v) is 11.6. The highest BCUT2D eigenvalue weighted by molar-refractivity contribution is 7.21. The predicted octanol–water partition coefficient (Wildman–Crippen LogP) is 4.23. The fourth-order valence-corrected chi connectivity index (χ4v) is 5.00. The zero-order chi connectivity index (χ0) is 23.1. The van der Waals surface area contributed by atoms with Crippen LogP contribution in [0.2, 0.25) is 0 Å². The van der Waals surface area contributed by atoms with Crippen molar-refractivity contribution in [2.75, 3.05) is 23.8 Å². The van der Waals surface area contributed by atoms with Gasteiger partial charge >= 0.3 is 0 Å². The average Bonchev–Trinajstić information content (AvgIpc) is 3.01. The number of rotatable bonds is 3. The Hall–Kier alpha value is -3.70. The summed E-state index contributed by atoms with van der Waals surface area (Å²) in [5, 5.41) is 0.523. The molecule has 5 rings (SSSR count). The molecule has 0 saturated heterocycles. The van der Waals surface area contributed by atoms with E-state index in [2.05, 4.69) is 44.8 Å². The zero-order valence-electron chi connectivity index (χ0n) is 18.8. The molecular formula is C25H24N6OS. The maximum Gasteiger partial charge on any atom is 0.182 e. The van der Waals surface area contributed by atoms with Gasteiger partial charge < -0.3 is 15.4 Å².